The Kier molecular flexibility index (Phi) is 4.99. The molecule has 0 saturated carbocycles. The molecule has 0 spiro atoms. The first kappa shape index (κ1) is 15.6. The number of nitrogens with zero attached hydrogens (tertiary/aromatic N) is 1. The van der Waals surface area contributed by atoms with Gasteiger partial charge in [-0.2, -0.15) is 13.2 Å². The van der Waals surface area contributed by atoms with Crippen LogP contribution in [-0.2, 0) is 4.74 Å². The number of alkyl halides is 3. The molecule has 0 bridgehead atoms. The van der Waals surface area contributed by atoms with E-state index >= 15 is 0 Å². The van der Waals surface area contributed by atoms with Gasteiger partial charge in [-0.25, -0.2) is 4.79 Å². The first-order chi connectivity index (χ1) is 8.78. The lowest BCUT2D eigenvalue weighted by molar-refractivity contribution is -0.150. The van der Waals surface area contributed by atoms with Crippen LogP contribution in [0.1, 0.15) is 36.2 Å². The van der Waals surface area contributed by atoms with Crippen LogP contribution >= 0.6 is 0 Å². The molecule has 7 heteroatoms. The summed E-state index contributed by atoms with van der Waals surface area (Å²) in [6, 6.07) is 2.29. The van der Waals surface area contributed by atoms with Crippen LogP contribution in [0.25, 0.3) is 0 Å². The average molecular weight is 279 g/mol. The summed E-state index contributed by atoms with van der Waals surface area (Å²) in [5, 5.41) is 0. The van der Waals surface area contributed by atoms with Gasteiger partial charge >= 0.3 is 12.1 Å². The average Bonchev–Trinajstić information content (AvgIpc) is 2.82. The molecule has 4 nitrogen and oxygen atoms in total. The van der Waals surface area contributed by atoms with E-state index in [1.165, 1.54) is 24.1 Å². The molecule has 1 aromatic rings. The number of carbonyl (C=O) groups excluding carboxylic acids is 1. The largest absolute Gasteiger partial charge is 0.463 e. The van der Waals surface area contributed by atoms with Crippen molar-refractivity contribution in [2.45, 2.75) is 26.1 Å². The van der Waals surface area contributed by atoms with E-state index in [9.17, 15) is 18.0 Å². The van der Waals surface area contributed by atoms with E-state index < -0.39 is 24.7 Å². The maximum Gasteiger partial charge on any atom is 0.401 e. The highest BCUT2D eigenvalue weighted by atomic mass is 19.4. The van der Waals surface area contributed by atoms with Gasteiger partial charge in [-0.15, -0.1) is 0 Å². The number of furan rings is 1. The lowest BCUT2D eigenvalue weighted by atomic mass is 10.2. The molecule has 19 heavy (non-hydrogen) atoms. The molecule has 1 aromatic heterocycles. The van der Waals surface area contributed by atoms with Gasteiger partial charge in [0.2, 0.25) is 5.76 Å². The number of hydrogen-bond donors (Lipinski definition) is 0. The van der Waals surface area contributed by atoms with Crippen molar-refractivity contribution in [2.24, 2.45) is 0 Å². The van der Waals surface area contributed by atoms with Gasteiger partial charge in [0.25, 0.3) is 0 Å². The monoisotopic (exact) mass is 279 g/mol. The predicted molar refractivity (Wildman–Crippen MR) is 61.8 cm³/mol. The minimum Gasteiger partial charge on any atom is -0.463 e. The van der Waals surface area contributed by atoms with Crippen LogP contribution in [0.2, 0.25) is 0 Å². The van der Waals surface area contributed by atoms with Crippen LogP contribution in [0.15, 0.2) is 16.5 Å². The summed E-state index contributed by atoms with van der Waals surface area (Å²) in [5.74, 6) is -0.378. The second-order valence-electron chi connectivity index (χ2n) is 4.05. The molecule has 0 aliphatic heterocycles. The molecule has 0 radical (unpaired) electrons. The van der Waals surface area contributed by atoms with Crippen molar-refractivity contribution in [2.75, 3.05) is 20.2 Å². The van der Waals surface area contributed by atoms with Gasteiger partial charge in [-0.3, -0.25) is 4.90 Å². The molecule has 0 N–H and O–H groups in total. The minimum absolute atomic E-state index is 0.0209. The second-order valence-corrected chi connectivity index (χ2v) is 4.05. The normalized spacial score (nSPS) is 13.6. The van der Waals surface area contributed by atoms with E-state index in [0.717, 1.165) is 0 Å². The molecule has 0 amide bonds. The molecule has 0 fully saturated rings. The van der Waals surface area contributed by atoms with E-state index in [-0.39, 0.29) is 12.3 Å². The van der Waals surface area contributed by atoms with E-state index in [0.29, 0.717) is 5.76 Å². The van der Waals surface area contributed by atoms with Gasteiger partial charge < -0.3 is 9.15 Å². The zero-order chi connectivity index (χ0) is 14.6. The lowest BCUT2D eigenvalue weighted by Gasteiger charge is -2.27. The fourth-order valence-electron chi connectivity index (χ4n) is 1.72. The van der Waals surface area contributed by atoms with Crippen LogP contribution in [-0.4, -0.2) is 37.2 Å². The van der Waals surface area contributed by atoms with E-state index in [2.05, 4.69) is 4.74 Å². The third-order valence-electron chi connectivity index (χ3n) is 2.76. The van der Waals surface area contributed by atoms with Crippen molar-refractivity contribution < 1.29 is 27.1 Å². The van der Waals surface area contributed by atoms with E-state index in [1.807, 2.05) is 0 Å². The summed E-state index contributed by atoms with van der Waals surface area (Å²) in [4.78, 5) is 12.4. The zero-order valence-corrected chi connectivity index (χ0v) is 11.0. The minimum atomic E-state index is -4.28. The van der Waals surface area contributed by atoms with Crippen LogP contribution in [0.5, 0.6) is 0 Å². The Morgan fingerprint density at radius 1 is 1.47 bits per heavy atom. The van der Waals surface area contributed by atoms with Crippen molar-refractivity contribution >= 4 is 5.97 Å². The van der Waals surface area contributed by atoms with Gasteiger partial charge in [0.05, 0.1) is 19.7 Å². The first-order valence-corrected chi connectivity index (χ1v) is 5.77. The van der Waals surface area contributed by atoms with Crippen molar-refractivity contribution in [3.63, 3.8) is 0 Å². The van der Waals surface area contributed by atoms with Crippen LogP contribution < -0.4 is 0 Å². The topological polar surface area (TPSA) is 42.7 Å². The number of ether oxygens (including phenoxy) is 1. The molecular weight excluding hydrogens is 263 g/mol. The van der Waals surface area contributed by atoms with Crippen LogP contribution in [0, 0.1) is 0 Å². The van der Waals surface area contributed by atoms with E-state index in [4.69, 9.17) is 4.42 Å². The number of rotatable bonds is 5. The Morgan fingerprint density at radius 3 is 2.58 bits per heavy atom. The third kappa shape index (κ3) is 4.27. The maximum atomic E-state index is 12.4. The predicted octanol–water partition coefficient (Wildman–Crippen LogP) is 3.01. The van der Waals surface area contributed by atoms with Crippen molar-refractivity contribution in [3.05, 3.63) is 23.7 Å². The van der Waals surface area contributed by atoms with Crippen molar-refractivity contribution in [1.29, 1.82) is 0 Å². The Hall–Kier alpha value is -1.50. The quantitative estimate of drug-likeness (QED) is 0.777. The fourth-order valence-corrected chi connectivity index (χ4v) is 1.72. The van der Waals surface area contributed by atoms with Crippen LogP contribution in [0.4, 0.5) is 13.2 Å². The number of halogens is 3. The molecule has 0 aliphatic rings. The van der Waals surface area contributed by atoms with Crippen molar-refractivity contribution in [1.82, 2.24) is 4.90 Å². The standard InChI is InChI=1S/C12H16F3NO3/c1-4-16(7-12(13,14)15)8(2)9-5-6-10(19-9)11(17)18-3/h5-6,8H,4,7H2,1-3H3. The number of methoxy groups -OCH3 is 1. The summed E-state index contributed by atoms with van der Waals surface area (Å²) in [7, 11) is 1.20. The highest BCUT2D eigenvalue weighted by Gasteiger charge is 2.33. The molecule has 1 atom stereocenters. The number of carbonyl (C=O) groups is 1. The number of esters is 1. The molecule has 108 valence electrons. The smallest absolute Gasteiger partial charge is 0.401 e. The van der Waals surface area contributed by atoms with E-state index in [1.54, 1.807) is 13.8 Å². The first-order valence-electron chi connectivity index (χ1n) is 5.77. The summed E-state index contributed by atoms with van der Waals surface area (Å²) < 4.78 is 46.9. The Bertz CT molecular complexity index is 428. The highest BCUT2D eigenvalue weighted by Crippen LogP contribution is 2.26. The fraction of sp³-hybridized carbons (Fsp3) is 0.583. The summed E-state index contributed by atoms with van der Waals surface area (Å²) in [6.07, 6.45) is -4.28. The summed E-state index contributed by atoms with van der Waals surface area (Å²) >= 11 is 0. The number of hydrogen-bond acceptors (Lipinski definition) is 4. The second kappa shape index (κ2) is 6.10. The van der Waals surface area contributed by atoms with Gasteiger partial charge in [0.15, 0.2) is 0 Å². The van der Waals surface area contributed by atoms with Gasteiger partial charge in [0.1, 0.15) is 5.76 Å². The zero-order valence-electron chi connectivity index (χ0n) is 11.0. The van der Waals surface area contributed by atoms with Gasteiger partial charge in [0, 0.05) is 0 Å². The van der Waals surface area contributed by atoms with Crippen LogP contribution in [0.3, 0.4) is 0 Å². The molecule has 0 saturated heterocycles. The Balaban J connectivity index is 2.83. The summed E-state index contributed by atoms with van der Waals surface area (Å²) in [6.45, 7) is 2.41. The molecule has 0 aliphatic carbocycles. The molecule has 0 aromatic carbocycles. The maximum absolute atomic E-state index is 12.4. The Labute approximate surface area is 109 Å². The molecule has 1 heterocycles. The van der Waals surface area contributed by atoms with Gasteiger partial charge in [-0.1, -0.05) is 6.92 Å². The van der Waals surface area contributed by atoms with Gasteiger partial charge in [-0.05, 0) is 25.6 Å². The molecule has 1 rings (SSSR count). The molecule has 1 unspecified atom stereocenters. The summed E-state index contributed by atoms with van der Waals surface area (Å²) in [5.41, 5.74) is 0. The highest BCUT2D eigenvalue weighted by molar-refractivity contribution is 5.86. The molecular formula is C12H16F3NO3. The van der Waals surface area contributed by atoms with Crippen molar-refractivity contribution in [3.8, 4) is 0 Å². The lowest BCUT2D eigenvalue weighted by Crippen LogP contribution is -2.35. The SMILES string of the molecule is CCN(CC(F)(F)F)C(C)c1ccc(C(=O)OC)o1. The Morgan fingerprint density at radius 2 is 2.11 bits per heavy atom. The third-order valence-corrected chi connectivity index (χ3v) is 2.76.